The topological polar surface area (TPSA) is 43.3 Å². The lowest BCUT2D eigenvalue weighted by molar-refractivity contribution is 0.428. The van der Waals surface area contributed by atoms with Crippen LogP contribution in [0, 0.1) is 0 Å². The van der Waals surface area contributed by atoms with E-state index in [1.165, 1.54) is 11.1 Å². The molecule has 0 aliphatic heterocycles. The fourth-order valence-corrected chi connectivity index (χ4v) is 4.16. The van der Waals surface area contributed by atoms with E-state index in [4.69, 9.17) is 10.7 Å². The fourth-order valence-electron chi connectivity index (χ4n) is 3.44. The number of aromatic nitrogens is 2. The second-order valence-corrected chi connectivity index (χ2v) is 6.52. The van der Waals surface area contributed by atoms with Crippen molar-refractivity contribution in [3.05, 3.63) is 58.9 Å². The van der Waals surface area contributed by atoms with Crippen LogP contribution in [-0.2, 0) is 18.3 Å². The lowest BCUT2D eigenvalue weighted by atomic mass is 9.78. The third-order valence-corrected chi connectivity index (χ3v) is 5.29. The van der Waals surface area contributed by atoms with Crippen LogP contribution in [0.1, 0.15) is 23.2 Å². The van der Waals surface area contributed by atoms with Crippen LogP contribution in [0.3, 0.4) is 0 Å². The van der Waals surface area contributed by atoms with Gasteiger partial charge in [0, 0.05) is 36.2 Å². The second-order valence-electron chi connectivity index (χ2n) is 5.64. The lowest BCUT2D eigenvalue weighted by Crippen LogP contribution is -2.35. The number of hydrogen-bond acceptors (Lipinski definition) is 3. The van der Waals surface area contributed by atoms with E-state index in [2.05, 4.69) is 46.4 Å². The van der Waals surface area contributed by atoms with Crippen molar-refractivity contribution in [2.75, 3.05) is 6.54 Å². The van der Waals surface area contributed by atoms with Crippen molar-refractivity contribution < 1.29 is 0 Å². The molecule has 0 amide bonds. The smallest absolute Gasteiger partial charge is 0.193 e. The summed E-state index contributed by atoms with van der Waals surface area (Å²) in [4.78, 5) is 5.80. The molecule has 3 aromatic rings. The van der Waals surface area contributed by atoms with Crippen molar-refractivity contribution in [1.29, 1.82) is 0 Å². The molecule has 0 radical (unpaired) electrons. The van der Waals surface area contributed by atoms with Crippen molar-refractivity contribution in [3.8, 4) is 0 Å². The zero-order valence-electron chi connectivity index (χ0n) is 11.2. The Morgan fingerprint density at radius 1 is 1.35 bits per heavy atom. The summed E-state index contributed by atoms with van der Waals surface area (Å²) in [6.45, 7) is 0.690. The summed E-state index contributed by atoms with van der Waals surface area (Å²) in [5, 5.41) is 2.07. The monoisotopic (exact) mass is 283 g/mol. The van der Waals surface area contributed by atoms with E-state index < -0.39 is 0 Å². The number of benzene rings is 1. The van der Waals surface area contributed by atoms with Crippen LogP contribution in [0.5, 0.6) is 0 Å². The Kier molecular flexibility index (Phi) is 2.69. The molecule has 1 unspecified atom stereocenters. The van der Waals surface area contributed by atoms with Crippen LogP contribution >= 0.6 is 11.3 Å². The summed E-state index contributed by atoms with van der Waals surface area (Å²) >= 11 is 1.68. The number of imidazole rings is 1. The van der Waals surface area contributed by atoms with Gasteiger partial charge in [0.2, 0.25) is 0 Å². The molecule has 20 heavy (non-hydrogen) atoms. The Bertz CT molecular complexity index is 729. The molecule has 4 rings (SSSR count). The van der Waals surface area contributed by atoms with Gasteiger partial charge in [-0.2, -0.15) is 0 Å². The van der Waals surface area contributed by atoms with Gasteiger partial charge < -0.3 is 5.73 Å². The molecule has 0 saturated heterocycles. The average molecular weight is 283 g/mol. The van der Waals surface area contributed by atoms with Gasteiger partial charge in [0.05, 0.1) is 5.69 Å². The molecule has 4 heteroatoms. The van der Waals surface area contributed by atoms with E-state index in [1.807, 2.05) is 0 Å². The predicted molar refractivity (Wildman–Crippen MR) is 82.3 cm³/mol. The van der Waals surface area contributed by atoms with Crippen LogP contribution in [0.25, 0.3) is 4.96 Å². The molecule has 1 atom stereocenters. The Labute approximate surface area is 122 Å². The highest BCUT2D eigenvalue weighted by Crippen LogP contribution is 2.40. The van der Waals surface area contributed by atoms with Gasteiger partial charge in [-0.3, -0.25) is 4.40 Å². The largest absolute Gasteiger partial charge is 0.330 e. The minimum absolute atomic E-state index is 0.0701. The molecule has 0 spiro atoms. The third-order valence-electron chi connectivity index (χ3n) is 4.51. The number of rotatable bonds is 3. The molecule has 102 valence electrons. The summed E-state index contributed by atoms with van der Waals surface area (Å²) in [6, 6.07) is 8.73. The quantitative estimate of drug-likeness (QED) is 0.803. The highest BCUT2D eigenvalue weighted by Gasteiger charge is 2.38. The summed E-state index contributed by atoms with van der Waals surface area (Å²) in [5.41, 5.74) is 10.3. The van der Waals surface area contributed by atoms with Crippen LogP contribution in [0.2, 0.25) is 0 Å². The summed E-state index contributed by atoms with van der Waals surface area (Å²) in [5.74, 6) is 0. The first-order valence-electron chi connectivity index (χ1n) is 7.00. The highest BCUT2D eigenvalue weighted by atomic mass is 32.1. The van der Waals surface area contributed by atoms with E-state index in [0.29, 0.717) is 6.54 Å². The van der Waals surface area contributed by atoms with E-state index in [9.17, 15) is 0 Å². The van der Waals surface area contributed by atoms with E-state index >= 15 is 0 Å². The van der Waals surface area contributed by atoms with Crippen molar-refractivity contribution in [1.82, 2.24) is 9.38 Å². The van der Waals surface area contributed by atoms with Crippen molar-refractivity contribution >= 4 is 16.3 Å². The van der Waals surface area contributed by atoms with E-state index in [-0.39, 0.29) is 5.41 Å². The first-order valence-corrected chi connectivity index (χ1v) is 7.88. The normalized spacial score (nSPS) is 21.4. The van der Waals surface area contributed by atoms with E-state index in [1.54, 1.807) is 11.3 Å². The maximum Gasteiger partial charge on any atom is 0.193 e. The zero-order chi connectivity index (χ0) is 13.6. The van der Waals surface area contributed by atoms with Gasteiger partial charge in [0.1, 0.15) is 0 Å². The number of thiazole rings is 1. The molecular weight excluding hydrogens is 266 g/mol. The SMILES string of the molecule is NCC1(Cc2cn3ccsc3n2)CCc2ccccc21. The molecule has 0 saturated carbocycles. The first kappa shape index (κ1) is 12.1. The molecule has 3 nitrogen and oxygen atoms in total. The summed E-state index contributed by atoms with van der Waals surface area (Å²) in [7, 11) is 0. The second kappa shape index (κ2) is 4.43. The van der Waals surface area contributed by atoms with Crippen LogP contribution in [-0.4, -0.2) is 15.9 Å². The van der Waals surface area contributed by atoms with Gasteiger partial charge in [-0.25, -0.2) is 4.98 Å². The number of nitrogens with zero attached hydrogens (tertiary/aromatic N) is 2. The molecule has 1 aliphatic carbocycles. The van der Waals surface area contributed by atoms with Crippen LogP contribution < -0.4 is 5.73 Å². The Morgan fingerprint density at radius 2 is 2.25 bits per heavy atom. The zero-order valence-corrected chi connectivity index (χ0v) is 12.1. The molecule has 2 heterocycles. The van der Waals surface area contributed by atoms with Crippen LogP contribution in [0.4, 0.5) is 0 Å². The maximum atomic E-state index is 6.17. The van der Waals surface area contributed by atoms with Gasteiger partial charge in [0.25, 0.3) is 0 Å². The number of hydrogen-bond donors (Lipinski definition) is 1. The first-order chi connectivity index (χ1) is 9.81. The molecular formula is C16H17N3S. The number of nitrogens with two attached hydrogens (primary N) is 1. The number of fused-ring (bicyclic) bond motifs is 2. The molecule has 0 fully saturated rings. The molecule has 2 aromatic heterocycles. The van der Waals surface area contributed by atoms with Crippen molar-refractivity contribution in [2.45, 2.75) is 24.7 Å². The van der Waals surface area contributed by atoms with Gasteiger partial charge >= 0.3 is 0 Å². The molecule has 1 aliphatic rings. The Hall–Kier alpha value is -1.65. The molecule has 0 bridgehead atoms. The average Bonchev–Trinajstić information content (AvgIpc) is 3.13. The number of aryl methyl sites for hydroxylation is 1. The lowest BCUT2D eigenvalue weighted by Gasteiger charge is -2.28. The van der Waals surface area contributed by atoms with Crippen molar-refractivity contribution in [2.24, 2.45) is 5.73 Å². The molecule has 2 N–H and O–H groups in total. The fraction of sp³-hybridized carbons (Fsp3) is 0.312. The predicted octanol–water partition coefficient (Wildman–Crippen LogP) is 2.78. The van der Waals surface area contributed by atoms with Gasteiger partial charge in [-0.1, -0.05) is 24.3 Å². The van der Waals surface area contributed by atoms with Gasteiger partial charge in [0.15, 0.2) is 4.96 Å². The van der Waals surface area contributed by atoms with E-state index in [0.717, 1.165) is 29.9 Å². The Balaban J connectivity index is 1.74. The highest BCUT2D eigenvalue weighted by molar-refractivity contribution is 7.15. The maximum absolute atomic E-state index is 6.17. The minimum atomic E-state index is 0.0701. The standard InChI is InChI=1S/C16H17N3S/c17-11-16(6-5-12-3-1-2-4-14(12)16)9-13-10-19-7-8-20-15(19)18-13/h1-4,7-8,10H,5-6,9,11,17H2. The van der Waals surface area contributed by atoms with Crippen LogP contribution in [0.15, 0.2) is 42.0 Å². The summed E-state index contributed by atoms with van der Waals surface area (Å²) in [6.07, 6.45) is 7.41. The van der Waals surface area contributed by atoms with Gasteiger partial charge in [-0.05, 0) is 24.0 Å². The Morgan fingerprint density at radius 3 is 3.10 bits per heavy atom. The minimum Gasteiger partial charge on any atom is -0.330 e. The third kappa shape index (κ3) is 1.72. The molecule has 1 aromatic carbocycles. The summed E-state index contributed by atoms with van der Waals surface area (Å²) < 4.78 is 2.10. The van der Waals surface area contributed by atoms with Crippen molar-refractivity contribution in [3.63, 3.8) is 0 Å². The van der Waals surface area contributed by atoms with Gasteiger partial charge in [-0.15, -0.1) is 11.3 Å².